The Balaban J connectivity index is 2.09. The Morgan fingerprint density at radius 2 is 1.71 bits per heavy atom. The van der Waals surface area contributed by atoms with Gasteiger partial charge in [-0.05, 0) is 39.2 Å². The Bertz CT molecular complexity index is 562. The fourth-order valence-electron chi connectivity index (χ4n) is 3.49. The summed E-state index contributed by atoms with van der Waals surface area (Å²) >= 11 is 0. The normalized spacial score (nSPS) is 26.2. The van der Waals surface area contributed by atoms with E-state index in [1.807, 2.05) is 51.1 Å². The van der Waals surface area contributed by atoms with Crippen LogP contribution in [-0.2, 0) is 9.59 Å². The Labute approximate surface area is 125 Å². The van der Waals surface area contributed by atoms with E-state index >= 15 is 0 Å². The van der Waals surface area contributed by atoms with Crippen molar-refractivity contribution in [3.8, 4) is 0 Å². The van der Waals surface area contributed by atoms with E-state index < -0.39 is 6.04 Å². The second-order valence-corrected chi connectivity index (χ2v) is 6.88. The minimum Gasteiger partial charge on any atom is -0.329 e. The van der Waals surface area contributed by atoms with Gasteiger partial charge in [-0.25, -0.2) is 0 Å². The minimum absolute atomic E-state index is 0.0678. The van der Waals surface area contributed by atoms with Crippen LogP contribution in [0, 0.1) is 0 Å². The zero-order valence-electron chi connectivity index (χ0n) is 12.9. The average molecular weight is 286 g/mol. The Hall–Kier alpha value is -1.84. The summed E-state index contributed by atoms with van der Waals surface area (Å²) in [7, 11) is 0. The molecule has 2 heterocycles. The van der Waals surface area contributed by atoms with Crippen molar-refractivity contribution in [1.29, 1.82) is 0 Å². The Kier molecular flexibility index (Phi) is 3.27. The molecule has 4 heteroatoms. The van der Waals surface area contributed by atoms with Gasteiger partial charge in [-0.15, -0.1) is 0 Å². The van der Waals surface area contributed by atoms with Crippen LogP contribution in [0.4, 0.5) is 0 Å². The molecule has 1 aromatic rings. The molecule has 2 aliphatic heterocycles. The number of nitrogens with zero attached hydrogens (tertiary/aromatic N) is 2. The summed E-state index contributed by atoms with van der Waals surface area (Å²) in [6.07, 6.45) is 1.71. The van der Waals surface area contributed by atoms with Crippen LogP contribution in [0.25, 0.3) is 0 Å². The lowest BCUT2D eigenvalue weighted by molar-refractivity contribution is -0.165. The molecule has 112 valence electrons. The molecule has 2 aliphatic rings. The van der Waals surface area contributed by atoms with Crippen molar-refractivity contribution in [2.45, 2.75) is 51.2 Å². The first-order valence-electron chi connectivity index (χ1n) is 7.60. The van der Waals surface area contributed by atoms with E-state index in [4.69, 9.17) is 0 Å². The molecule has 21 heavy (non-hydrogen) atoms. The summed E-state index contributed by atoms with van der Waals surface area (Å²) < 4.78 is 0. The lowest BCUT2D eigenvalue weighted by atomic mass is 9.92. The average Bonchev–Trinajstić information content (AvgIpc) is 2.92. The third-order valence-electron chi connectivity index (χ3n) is 4.39. The van der Waals surface area contributed by atoms with Gasteiger partial charge in [0.1, 0.15) is 12.1 Å². The van der Waals surface area contributed by atoms with Crippen LogP contribution in [0.2, 0.25) is 0 Å². The van der Waals surface area contributed by atoms with Gasteiger partial charge >= 0.3 is 0 Å². The molecular weight excluding hydrogens is 264 g/mol. The predicted octanol–water partition coefficient (Wildman–Crippen LogP) is 2.36. The largest absolute Gasteiger partial charge is 0.329 e. The van der Waals surface area contributed by atoms with Crippen LogP contribution in [0.15, 0.2) is 30.3 Å². The SMILES string of the molecule is CC(C)(C)N1C(=O)C2CCCN2C(=O)C1c1ccccc1. The van der Waals surface area contributed by atoms with Crippen molar-refractivity contribution in [3.05, 3.63) is 35.9 Å². The number of hydrogen-bond donors (Lipinski definition) is 0. The van der Waals surface area contributed by atoms with Crippen LogP contribution in [0.5, 0.6) is 0 Å². The molecule has 2 atom stereocenters. The number of amides is 2. The zero-order valence-corrected chi connectivity index (χ0v) is 12.9. The highest BCUT2D eigenvalue weighted by Crippen LogP contribution is 2.38. The van der Waals surface area contributed by atoms with Crippen molar-refractivity contribution in [3.63, 3.8) is 0 Å². The van der Waals surface area contributed by atoms with Gasteiger partial charge in [-0.3, -0.25) is 9.59 Å². The molecule has 0 aliphatic carbocycles. The highest BCUT2D eigenvalue weighted by molar-refractivity contribution is 5.98. The predicted molar refractivity (Wildman–Crippen MR) is 80.5 cm³/mol. The van der Waals surface area contributed by atoms with Crippen molar-refractivity contribution in [1.82, 2.24) is 9.80 Å². The summed E-state index contributed by atoms with van der Waals surface area (Å²) in [6, 6.07) is 8.90. The number of carbonyl (C=O) groups is 2. The van der Waals surface area contributed by atoms with Crippen LogP contribution >= 0.6 is 0 Å². The fourth-order valence-corrected chi connectivity index (χ4v) is 3.49. The van der Waals surface area contributed by atoms with Gasteiger partial charge in [0.15, 0.2) is 0 Å². The van der Waals surface area contributed by atoms with E-state index in [0.29, 0.717) is 6.54 Å². The summed E-state index contributed by atoms with van der Waals surface area (Å²) in [6.45, 7) is 6.70. The number of carbonyl (C=O) groups excluding carboxylic acids is 2. The van der Waals surface area contributed by atoms with Crippen LogP contribution in [0.1, 0.15) is 45.2 Å². The van der Waals surface area contributed by atoms with Gasteiger partial charge in [0, 0.05) is 12.1 Å². The second kappa shape index (κ2) is 4.86. The van der Waals surface area contributed by atoms with Gasteiger partial charge in [0.25, 0.3) is 5.91 Å². The van der Waals surface area contributed by atoms with E-state index in [1.165, 1.54) is 0 Å². The highest BCUT2D eigenvalue weighted by Gasteiger charge is 2.51. The molecule has 1 aromatic carbocycles. The quantitative estimate of drug-likeness (QED) is 0.795. The Morgan fingerprint density at radius 1 is 1.05 bits per heavy atom. The van der Waals surface area contributed by atoms with Crippen molar-refractivity contribution in [2.24, 2.45) is 0 Å². The molecule has 2 unspecified atom stereocenters. The molecule has 4 nitrogen and oxygen atoms in total. The maximum absolute atomic E-state index is 12.9. The molecule has 0 N–H and O–H groups in total. The smallest absolute Gasteiger partial charge is 0.250 e. The third-order valence-corrected chi connectivity index (χ3v) is 4.39. The highest BCUT2D eigenvalue weighted by atomic mass is 16.2. The summed E-state index contributed by atoms with van der Waals surface area (Å²) in [5.41, 5.74) is 0.526. The maximum atomic E-state index is 12.9. The first-order chi connectivity index (χ1) is 9.91. The molecule has 3 rings (SSSR count). The number of hydrogen-bond acceptors (Lipinski definition) is 2. The summed E-state index contributed by atoms with van der Waals surface area (Å²) in [4.78, 5) is 29.4. The van der Waals surface area contributed by atoms with Crippen LogP contribution in [0.3, 0.4) is 0 Å². The minimum atomic E-state index is -0.493. The second-order valence-electron chi connectivity index (χ2n) is 6.88. The first kappa shape index (κ1) is 14.1. The molecule has 0 radical (unpaired) electrons. The standard InChI is InChI=1S/C17H22N2O2/c1-17(2,3)19-14(12-8-5-4-6-9-12)16(21)18-11-7-10-13(18)15(19)20/h4-6,8-9,13-14H,7,10-11H2,1-3H3. The fraction of sp³-hybridized carbons (Fsp3) is 0.529. The number of piperazine rings is 1. The van der Waals surface area contributed by atoms with Gasteiger partial charge < -0.3 is 9.80 Å². The van der Waals surface area contributed by atoms with Gasteiger partial charge in [-0.2, -0.15) is 0 Å². The van der Waals surface area contributed by atoms with E-state index in [9.17, 15) is 9.59 Å². The molecule has 2 saturated heterocycles. The van der Waals surface area contributed by atoms with Crippen LogP contribution < -0.4 is 0 Å². The zero-order chi connectivity index (χ0) is 15.2. The molecular formula is C17H22N2O2. The first-order valence-corrected chi connectivity index (χ1v) is 7.60. The summed E-state index contributed by atoms with van der Waals surface area (Å²) in [5, 5.41) is 0. The van der Waals surface area contributed by atoms with Crippen LogP contribution in [-0.4, -0.2) is 39.7 Å². The monoisotopic (exact) mass is 286 g/mol. The molecule has 2 amide bonds. The molecule has 0 saturated carbocycles. The number of fused-ring (bicyclic) bond motifs is 1. The molecule has 2 fully saturated rings. The molecule has 0 bridgehead atoms. The Morgan fingerprint density at radius 3 is 2.33 bits per heavy atom. The van der Waals surface area contributed by atoms with E-state index in [2.05, 4.69) is 0 Å². The lowest BCUT2D eigenvalue weighted by Crippen LogP contribution is -2.63. The number of benzene rings is 1. The van der Waals surface area contributed by atoms with Crippen molar-refractivity contribution in [2.75, 3.05) is 6.54 Å². The van der Waals surface area contributed by atoms with Gasteiger partial charge in [0.05, 0.1) is 0 Å². The van der Waals surface area contributed by atoms with E-state index in [-0.39, 0.29) is 23.4 Å². The van der Waals surface area contributed by atoms with Gasteiger partial charge in [0.2, 0.25) is 5.91 Å². The molecule has 0 spiro atoms. The van der Waals surface area contributed by atoms with E-state index in [1.54, 1.807) is 9.80 Å². The summed E-state index contributed by atoms with van der Waals surface area (Å²) in [5.74, 6) is 0.159. The number of rotatable bonds is 1. The molecule has 0 aromatic heterocycles. The lowest BCUT2D eigenvalue weighted by Gasteiger charge is -2.48. The maximum Gasteiger partial charge on any atom is 0.250 e. The van der Waals surface area contributed by atoms with Crippen molar-refractivity contribution >= 4 is 11.8 Å². The van der Waals surface area contributed by atoms with Gasteiger partial charge in [-0.1, -0.05) is 30.3 Å². The topological polar surface area (TPSA) is 40.6 Å². The third kappa shape index (κ3) is 2.23. The van der Waals surface area contributed by atoms with Crippen molar-refractivity contribution < 1.29 is 9.59 Å². The van der Waals surface area contributed by atoms with E-state index in [0.717, 1.165) is 18.4 Å².